The zero-order valence-electron chi connectivity index (χ0n) is 13.8. The lowest BCUT2D eigenvalue weighted by Gasteiger charge is -2.26. The van der Waals surface area contributed by atoms with Crippen LogP contribution in [0.3, 0.4) is 0 Å². The molecule has 0 radical (unpaired) electrons. The van der Waals surface area contributed by atoms with E-state index in [0.29, 0.717) is 25.4 Å². The average molecular weight is 298 g/mol. The number of hydrogen-bond acceptors (Lipinski definition) is 3. The van der Waals surface area contributed by atoms with Crippen LogP contribution in [-0.4, -0.2) is 60.5 Å². The predicted octanol–water partition coefficient (Wildman–Crippen LogP) is 1.92. The Balaban J connectivity index is 2.66. The summed E-state index contributed by atoms with van der Waals surface area (Å²) in [6.07, 6.45) is 3.27. The summed E-state index contributed by atoms with van der Waals surface area (Å²) in [7, 11) is 4.03. The van der Waals surface area contributed by atoms with Gasteiger partial charge in [0.1, 0.15) is 0 Å². The third-order valence-electron chi connectivity index (χ3n) is 4.60. The van der Waals surface area contributed by atoms with E-state index in [4.69, 9.17) is 0 Å². The Labute approximate surface area is 128 Å². The standard InChI is InChI=1S/C16H30N2O3/c1-5-12-10-13(14(11-12)16(20)21)15(19)18(6-2)9-7-8-17(3)4/h12-14H,5-11H2,1-4H3,(H,20,21)/t12?,13-,14+/m0/s1. The summed E-state index contributed by atoms with van der Waals surface area (Å²) in [4.78, 5) is 28.0. The Hall–Kier alpha value is -1.10. The van der Waals surface area contributed by atoms with Gasteiger partial charge in [0.05, 0.1) is 11.8 Å². The van der Waals surface area contributed by atoms with Crippen LogP contribution < -0.4 is 0 Å². The number of aliphatic carboxylic acids is 1. The Bertz CT molecular complexity index is 357. The minimum atomic E-state index is -0.811. The van der Waals surface area contributed by atoms with Gasteiger partial charge in [-0.2, -0.15) is 0 Å². The molecule has 0 aliphatic heterocycles. The lowest BCUT2D eigenvalue weighted by Crippen LogP contribution is -2.40. The Morgan fingerprint density at radius 1 is 1.10 bits per heavy atom. The molecular formula is C16H30N2O3. The van der Waals surface area contributed by atoms with Crippen molar-refractivity contribution in [3.63, 3.8) is 0 Å². The Morgan fingerprint density at radius 3 is 2.19 bits per heavy atom. The summed E-state index contributed by atoms with van der Waals surface area (Å²) >= 11 is 0. The first-order chi connectivity index (χ1) is 9.90. The molecule has 5 heteroatoms. The molecule has 1 saturated carbocycles. The van der Waals surface area contributed by atoms with Crippen LogP contribution in [-0.2, 0) is 9.59 Å². The summed E-state index contributed by atoms with van der Waals surface area (Å²) in [5.41, 5.74) is 0. The second-order valence-corrected chi connectivity index (χ2v) is 6.37. The van der Waals surface area contributed by atoms with Crippen molar-refractivity contribution in [1.82, 2.24) is 9.80 Å². The van der Waals surface area contributed by atoms with E-state index < -0.39 is 11.9 Å². The van der Waals surface area contributed by atoms with Crippen molar-refractivity contribution in [2.45, 2.75) is 39.5 Å². The van der Waals surface area contributed by atoms with Gasteiger partial charge in [0.15, 0.2) is 0 Å². The molecule has 21 heavy (non-hydrogen) atoms. The number of carbonyl (C=O) groups is 2. The molecule has 0 aromatic carbocycles. The van der Waals surface area contributed by atoms with Gasteiger partial charge in [-0.1, -0.05) is 13.3 Å². The van der Waals surface area contributed by atoms with E-state index in [0.717, 1.165) is 25.8 Å². The quantitative estimate of drug-likeness (QED) is 0.744. The number of amides is 1. The van der Waals surface area contributed by atoms with Crippen molar-refractivity contribution >= 4 is 11.9 Å². The summed E-state index contributed by atoms with van der Waals surface area (Å²) in [6, 6.07) is 0. The van der Waals surface area contributed by atoms with Crippen LogP contribution in [0.15, 0.2) is 0 Å². The number of carbonyl (C=O) groups excluding carboxylic acids is 1. The number of carboxylic acids is 1. The SMILES string of the molecule is CCC1C[C@H](C(=O)N(CC)CCCN(C)C)[C@H](C(=O)O)C1. The fraction of sp³-hybridized carbons (Fsp3) is 0.875. The number of nitrogens with zero attached hydrogens (tertiary/aromatic N) is 2. The third-order valence-corrected chi connectivity index (χ3v) is 4.60. The van der Waals surface area contributed by atoms with Crippen molar-refractivity contribution in [3.8, 4) is 0 Å². The lowest BCUT2D eigenvalue weighted by molar-refractivity contribution is -0.149. The molecule has 1 aliphatic rings. The van der Waals surface area contributed by atoms with E-state index in [9.17, 15) is 14.7 Å². The van der Waals surface area contributed by atoms with Gasteiger partial charge in [0, 0.05) is 13.1 Å². The first kappa shape index (κ1) is 18.0. The van der Waals surface area contributed by atoms with E-state index in [1.807, 2.05) is 25.9 Å². The topological polar surface area (TPSA) is 60.9 Å². The van der Waals surface area contributed by atoms with Crippen LogP contribution in [0.4, 0.5) is 0 Å². The molecule has 1 amide bonds. The van der Waals surface area contributed by atoms with Gasteiger partial charge in [0.25, 0.3) is 0 Å². The largest absolute Gasteiger partial charge is 0.481 e. The summed E-state index contributed by atoms with van der Waals surface area (Å²) < 4.78 is 0. The van der Waals surface area contributed by atoms with Gasteiger partial charge in [-0.3, -0.25) is 9.59 Å². The van der Waals surface area contributed by atoms with E-state index >= 15 is 0 Å². The van der Waals surface area contributed by atoms with Crippen LogP contribution >= 0.6 is 0 Å². The number of carboxylic acid groups (broad SMARTS) is 1. The van der Waals surface area contributed by atoms with E-state index in [-0.39, 0.29) is 11.8 Å². The molecule has 1 unspecified atom stereocenters. The molecule has 0 aromatic rings. The molecule has 0 bridgehead atoms. The van der Waals surface area contributed by atoms with Crippen LogP contribution in [0.2, 0.25) is 0 Å². The van der Waals surface area contributed by atoms with Gasteiger partial charge in [-0.05, 0) is 52.7 Å². The van der Waals surface area contributed by atoms with Crippen molar-refractivity contribution in [3.05, 3.63) is 0 Å². The summed E-state index contributed by atoms with van der Waals surface area (Å²) in [5, 5.41) is 9.37. The molecule has 122 valence electrons. The van der Waals surface area contributed by atoms with Crippen LogP contribution in [0, 0.1) is 17.8 Å². The molecule has 1 aliphatic carbocycles. The van der Waals surface area contributed by atoms with E-state index in [1.54, 1.807) is 0 Å². The highest BCUT2D eigenvalue weighted by molar-refractivity contribution is 5.85. The zero-order chi connectivity index (χ0) is 16.0. The normalized spacial score (nSPS) is 25.3. The second-order valence-electron chi connectivity index (χ2n) is 6.37. The molecular weight excluding hydrogens is 268 g/mol. The average Bonchev–Trinajstić information content (AvgIpc) is 2.87. The molecule has 0 saturated heterocycles. The summed E-state index contributed by atoms with van der Waals surface area (Å²) in [5.74, 6) is -1.22. The maximum absolute atomic E-state index is 12.7. The van der Waals surface area contributed by atoms with Gasteiger partial charge in [-0.15, -0.1) is 0 Å². The molecule has 5 nitrogen and oxygen atoms in total. The fourth-order valence-electron chi connectivity index (χ4n) is 3.26. The van der Waals surface area contributed by atoms with E-state index in [2.05, 4.69) is 11.8 Å². The zero-order valence-corrected chi connectivity index (χ0v) is 13.8. The Morgan fingerprint density at radius 2 is 1.71 bits per heavy atom. The first-order valence-corrected chi connectivity index (χ1v) is 8.06. The smallest absolute Gasteiger partial charge is 0.307 e. The van der Waals surface area contributed by atoms with Gasteiger partial charge < -0.3 is 14.9 Å². The van der Waals surface area contributed by atoms with Gasteiger partial charge in [-0.25, -0.2) is 0 Å². The van der Waals surface area contributed by atoms with Gasteiger partial charge >= 0.3 is 5.97 Å². The highest BCUT2D eigenvalue weighted by Crippen LogP contribution is 2.39. The first-order valence-electron chi connectivity index (χ1n) is 8.06. The minimum Gasteiger partial charge on any atom is -0.481 e. The number of hydrogen-bond donors (Lipinski definition) is 1. The molecule has 1 N–H and O–H groups in total. The molecule has 3 atom stereocenters. The highest BCUT2D eigenvalue weighted by atomic mass is 16.4. The molecule has 1 fully saturated rings. The molecule has 0 heterocycles. The highest BCUT2D eigenvalue weighted by Gasteiger charge is 2.43. The van der Waals surface area contributed by atoms with Gasteiger partial charge in [0.2, 0.25) is 5.91 Å². The lowest BCUT2D eigenvalue weighted by atomic mass is 9.94. The maximum Gasteiger partial charge on any atom is 0.307 e. The van der Waals surface area contributed by atoms with Crippen LogP contribution in [0.5, 0.6) is 0 Å². The molecule has 1 rings (SSSR count). The summed E-state index contributed by atoms with van der Waals surface area (Å²) in [6.45, 7) is 6.36. The number of rotatable bonds is 8. The molecule has 0 spiro atoms. The fourth-order valence-corrected chi connectivity index (χ4v) is 3.26. The van der Waals surface area contributed by atoms with Crippen molar-refractivity contribution in [2.24, 2.45) is 17.8 Å². The third kappa shape index (κ3) is 4.99. The van der Waals surface area contributed by atoms with E-state index in [1.165, 1.54) is 0 Å². The minimum absolute atomic E-state index is 0.0413. The predicted molar refractivity (Wildman–Crippen MR) is 83.1 cm³/mol. The van der Waals surface area contributed by atoms with Crippen LogP contribution in [0.25, 0.3) is 0 Å². The maximum atomic E-state index is 12.7. The monoisotopic (exact) mass is 298 g/mol. The van der Waals surface area contributed by atoms with Crippen molar-refractivity contribution < 1.29 is 14.7 Å². The molecule has 0 aromatic heterocycles. The van der Waals surface area contributed by atoms with Crippen LogP contribution in [0.1, 0.15) is 39.5 Å². The van der Waals surface area contributed by atoms with Crippen molar-refractivity contribution in [1.29, 1.82) is 0 Å². The Kier molecular flexibility index (Phi) is 7.15. The second kappa shape index (κ2) is 8.37. The van der Waals surface area contributed by atoms with Crippen molar-refractivity contribution in [2.75, 3.05) is 33.7 Å².